The van der Waals surface area contributed by atoms with E-state index in [2.05, 4.69) is 4.98 Å². The Hall–Kier alpha value is -2.23. The minimum atomic E-state index is -0.580. The summed E-state index contributed by atoms with van der Waals surface area (Å²) in [5, 5.41) is 0. The number of nitrogens with zero attached hydrogens (tertiary/aromatic N) is 2. The fraction of sp³-hybridized carbons (Fsp3) is 0.200. The molecule has 1 aromatic carbocycles. The largest absolute Gasteiger partial charge is 0.341 e. The fourth-order valence-electron chi connectivity index (χ4n) is 1.77. The highest BCUT2D eigenvalue weighted by molar-refractivity contribution is 5.93. The van der Waals surface area contributed by atoms with Crippen molar-refractivity contribution in [2.75, 3.05) is 13.6 Å². The molecule has 1 heterocycles. The molecule has 0 radical (unpaired) electrons. The lowest BCUT2D eigenvalue weighted by Gasteiger charge is -2.17. The lowest BCUT2D eigenvalue weighted by molar-refractivity contribution is 0.0796. The molecular formula is C15H15FN2O. The number of rotatable bonds is 4. The van der Waals surface area contributed by atoms with Crippen molar-refractivity contribution in [3.8, 4) is 0 Å². The average Bonchev–Trinajstić information content (AvgIpc) is 2.46. The van der Waals surface area contributed by atoms with Gasteiger partial charge in [0.2, 0.25) is 5.95 Å². The van der Waals surface area contributed by atoms with Crippen LogP contribution in [-0.4, -0.2) is 29.4 Å². The Morgan fingerprint density at radius 2 is 1.95 bits per heavy atom. The maximum atomic E-state index is 12.7. The van der Waals surface area contributed by atoms with Crippen molar-refractivity contribution in [1.82, 2.24) is 9.88 Å². The maximum absolute atomic E-state index is 12.7. The van der Waals surface area contributed by atoms with Crippen LogP contribution in [0.3, 0.4) is 0 Å². The first kappa shape index (κ1) is 13.2. The van der Waals surface area contributed by atoms with Crippen LogP contribution in [0.5, 0.6) is 0 Å². The third kappa shape index (κ3) is 3.61. The Morgan fingerprint density at radius 3 is 2.58 bits per heavy atom. The second-order valence-electron chi connectivity index (χ2n) is 4.33. The van der Waals surface area contributed by atoms with Gasteiger partial charge in [0.15, 0.2) is 0 Å². The molecule has 4 heteroatoms. The molecule has 0 spiro atoms. The molecule has 0 saturated carbocycles. The van der Waals surface area contributed by atoms with Crippen LogP contribution in [0.4, 0.5) is 4.39 Å². The molecule has 3 nitrogen and oxygen atoms in total. The Kier molecular flexibility index (Phi) is 4.23. The third-order valence-electron chi connectivity index (χ3n) is 2.90. The predicted molar refractivity (Wildman–Crippen MR) is 71.3 cm³/mol. The van der Waals surface area contributed by atoms with E-state index in [-0.39, 0.29) is 5.91 Å². The second-order valence-corrected chi connectivity index (χ2v) is 4.33. The lowest BCUT2D eigenvalue weighted by Crippen LogP contribution is -2.28. The zero-order valence-corrected chi connectivity index (χ0v) is 10.7. The summed E-state index contributed by atoms with van der Waals surface area (Å²) in [7, 11) is 1.73. The van der Waals surface area contributed by atoms with Gasteiger partial charge in [0, 0.05) is 19.8 Å². The molecular weight excluding hydrogens is 243 g/mol. The van der Waals surface area contributed by atoms with E-state index < -0.39 is 5.95 Å². The highest BCUT2D eigenvalue weighted by atomic mass is 19.1. The van der Waals surface area contributed by atoms with Gasteiger partial charge in [-0.2, -0.15) is 4.39 Å². The summed E-state index contributed by atoms with van der Waals surface area (Å²) in [6, 6.07) is 12.6. The van der Waals surface area contributed by atoms with E-state index in [0.717, 1.165) is 6.42 Å². The molecule has 1 aromatic heterocycles. The van der Waals surface area contributed by atoms with E-state index in [1.54, 1.807) is 11.9 Å². The first-order chi connectivity index (χ1) is 9.16. The minimum Gasteiger partial charge on any atom is -0.341 e. The molecule has 0 atom stereocenters. The summed E-state index contributed by atoms with van der Waals surface area (Å²) in [5.74, 6) is -0.730. The summed E-state index contributed by atoms with van der Waals surface area (Å²) < 4.78 is 12.7. The number of carbonyl (C=O) groups is 1. The van der Waals surface area contributed by atoms with Gasteiger partial charge in [-0.15, -0.1) is 0 Å². The number of pyridine rings is 1. The molecule has 0 unspecified atom stereocenters. The molecule has 0 N–H and O–H groups in total. The Morgan fingerprint density at radius 1 is 1.21 bits per heavy atom. The molecule has 19 heavy (non-hydrogen) atoms. The number of aromatic nitrogens is 1. The number of carbonyl (C=O) groups excluding carboxylic acids is 1. The number of halogens is 1. The number of hydrogen-bond donors (Lipinski definition) is 0. The van der Waals surface area contributed by atoms with E-state index in [9.17, 15) is 9.18 Å². The van der Waals surface area contributed by atoms with Crippen LogP contribution in [0.2, 0.25) is 0 Å². The van der Waals surface area contributed by atoms with Gasteiger partial charge in [0.1, 0.15) is 0 Å². The van der Waals surface area contributed by atoms with Crippen LogP contribution in [0.1, 0.15) is 15.9 Å². The molecule has 2 rings (SSSR count). The van der Waals surface area contributed by atoms with E-state index >= 15 is 0 Å². The first-order valence-electron chi connectivity index (χ1n) is 6.08. The summed E-state index contributed by atoms with van der Waals surface area (Å²) >= 11 is 0. The van der Waals surface area contributed by atoms with Crippen LogP contribution in [0, 0.1) is 5.95 Å². The Bertz CT molecular complexity index is 540. The van der Waals surface area contributed by atoms with E-state index in [0.29, 0.717) is 12.1 Å². The number of hydrogen-bond acceptors (Lipinski definition) is 2. The van der Waals surface area contributed by atoms with Crippen LogP contribution in [-0.2, 0) is 6.42 Å². The predicted octanol–water partition coefficient (Wildman–Crippen LogP) is 2.54. The zero-order chi connectivity index (χ0) is 13.7. The van der Waals surface area contributed by atoms with Gasteiger partial charge in [-0.3, -0.25) is 4.79 Å². The van der Waals surface area contributed by atoms with Gasteiger partial charge >= 0.3 is 0 Å². The third-order valence-corrected chi connectivity index (χ3v) is 2.90. The fourth-order valence-corrected chi connectivity index (χ4v) is 1.77. The van der Waals surface area contributed by atoms with Gasteiger partial charge in [-0.05, 0) is 24.1 Å². The lowest BCUT2D eigenvalue weighted by atomic mass is 10.1. The maximum Gasteiger partial charge on any atom is 0.255 e. The monoisotopic (exact) mass is 258 g/mol. The summed E-state index contributed by atoms with van der Waals surface area (Å²) in [5.41, 5.74) is 1.58. The van der Waals surface area contributed by atoms with Crippen LogP contribution >= 0.6 is 0 Å². The summed E-state index contributed by atoms with van der Waals surface area (Å²) in [6.45, 7) is 0.611. The zero-order valence-electron chi connectivity index (χ0n) is 10.7. The highest BCUT2D eigenvalue weighted by Gasteiger charge is 2.11. The van der Waals surface area contributed by atoms with Crippen molar-refractivity contribution >= 4 is 5.91 Å². The Balaban J connectivity index is 1.94. The molecule has 0 aliphatic heterocycles. The second kappa shape index (κ2) is 6.09. The normalized spacial score (nSPS) is 10.2. The molecule has 1 amide bonds. The van der Waals surface area contributed by atoms with Gasteiger partial charge in [0.25, 0.3) is 5.91 Å². The van der Waals surface area contributed by atoms with Gasteiger partial charge in [0.05, 0.1) is 5.56 Å². The molecule has 0 bridgehead atoms. The van der Waals surface area contributed by atoms with E-state index in [1.807, 2.05) is 30.3 Å². The van der Waals surface area contributed by atoms with Crippen LogP contribution in [0.25, 0.3) is 0 Å². The Labute approximate surface area is 111 Å². The molecule has 0 aliphatic carbocycles. The smallest absolute Gasteiger partial charge is 0.255 e. The minimum absolute atomic E-state index is 0.150. The standard InChI is InChI=1S/C15H15FN2O/c1-18(10-9-12-5-3-2-4-6-12)15(19)13-7-8-14(16)17-11-13/h2-8,11H,9-10H2,1H3. The summed E-state index contributed by atoms with van der Waals surface area (Å²) in [4.78, 5) is 17.1. The molecule has 0 fully saturated rings. The van der Waals surface area contributed by atoms with Gasteiger partial charge < -0.3 is 4.90 Å². The topological polar surface area (TPSA) is 33.2 Å². The van der Waals surface area contributed by atoms with Gasteiger partial charge in [-0.1, -0.05) is 30.3 Å². The summed E-state index contributed by atoms with van der Waals surface area (Å²) in [6.07, 6.45) is 2.05. The highest BCUT2D eigenvalue weighted by Crippen LogP contribution is 2.05. The first-order valence-corrected chi connectivity index (χ1v) is 6.08. The number of likely N-dealkylation sites (N-methyl/N-ethyl adjacent to an activating group) is 1. The molecule has 98 valence electrons. The van der Waals surface area contributed by atoms with Crippen molar-refractivity contribution < 1.29 is 9.18 Å². The van der Waals surface area contributed by atoms with Crippen molar-refractivity contribution in [2.24, 2.45) is 0 Å². The quantitative estimate of drug-likeness (QED) is 0.790. The van der Waals surface area contributed by atoms with Crippen LogP contribution < -0.4 is 0 Å². The van der Waals surface area contributed by atoms with Crippen molar-refractivity contribution in [2.45, 2.75) is 6.42 Å². The van der Waals surface area contributed by atoms with E-state index in [1.165, 1.54) is 23.9 Å². The van der Waals surface area contributed by atoms with Crippen molar-refractivity contribution in [3.63, 3.8) is 0 Å². The number of amides is 1. The number of benzene rings is 1. The SMILES string of the molecule is CN(CCc1ccccc1)C(=O)c1ccc(F)nc1. The van der Waals surface area contributed by atoms with Crippen molar-refractivity contribution in [3.05, 3.63) is 65.7 Å². The molecule has 2 aromatic rings. The molecule has 0 saturated heterocycles. The van der Waals surface area contributed by atoms with E-state index in [4.69, 9.17) is 0 Å². The van der Waals surface area contributed by atoms with Crippen LogP contribution in [0.15, 0.2) is 48.7 Å². The van der Waals surface area contributed by atoms with Gasteiger partial charge in [-0.25, -0.2) is 4.98 Å². The van der Waals surface area contributed by atoms with Crippen molar-refractivity contribution in [1.29, 1.82) is 0 Å². The average molecular weight is 258 g/mol. The molecule has 0 aliphatic rings.